The van der Waals surface area contributed by atoms with Crippen LogP contribution < -0.4 is 5.73 Å². The van der Waals surface area contributed by atoms with Gasteiger partial charge in [-0.15, -0.1) is 11.3 Å². The van der Waals surface area contributed by atoms with Crippen LogP contribution in [0.3, 0.4) is 0 Å². The zero-order valence-electron chi connectivity index (χ0n) is 8.65. The van der Waals surface area contributed by atoms with E-state index in [1.54, 1.807) is 17.5 Å². The first-order valence-electron chi connectivity index (χ1n) is 4.41. The number of methoxy groups -OCH3 is 1. The third-order valence-corrected chi connectivity index (χ3v) is 2.87. The molecule has 2 N–H and O–H groups in total. The van der Waals surface area contributed by atoms with Crippen molar-refractivity contribution >= 4 is 23.1 Å². The topological polar surface area (TPSA) is 69.4 Å². The molecule has 82 valence electrons. The number of carbonyl (C=O) groups is 2. The molecule has 0 aliphatic carbocycles. The fourth-order valence-corrected chi connectivity index (χ4v) is 1.94. The van der Waals surface area contributed by atoms with E-state index in [-0.39, 0.29) is 12.2 Å². The maximum absolute atomic E-state index is 11.9. The van der Waals surface area contributed by atoms with Gasteiger partial charge in [0.15, 0.2) is 5.78 Å². The van der Waals surface area contributed by atoms with Crippen molar-refractivity contribution in [2.24, 2.45) is 5.73 Å². The molecule has 0 radical (unpaired) electrons. The molecule has 0 spiro atoms. The van der Waals surface area contributed by atoms with Crippen LogP contribution in [0.2, 0.25) is 0 Å². The zero-order chi connectivity index (χ0) is 11.5. The van der Waals surface area contributed by atoms with Gasteiger partial charge in [0.05, 0.1) is 23.9 Å². The van der Waals surface area contributed by atoms with Crippen LogP contribution in [0.5, 0.6) is 0 Å². The van der Waals surface area contributed by atoms with Gasteiger partial charge in [0, 0.05) is 0 Å². The molecule has 15 heavy (non-hydrogen) atoms. The van der Waals surface area contributed by atoms with Crippen molar-refractivity contribution in [1.82, 2.24) is 0 Å². The molecule has 0 saturated heterocycles. The molecule has 1 rings (SSSR count). The molecule has 1 aromatic rings. The molecule has 4 nitrogen and oxygen atoms in total. The minimum atomic E-state index is -1.20. The molecular formula is C10H13NO3S. The number of Topliss-reactive ketones (excluding diaryl/α,β-unsaturated/α-hetero) is 1. The van der Waals surface area contributed by atoms with Gasteiger partial charge in [0.1, 0.15) is 0 Å². The van der Waals surface area contributed by atoms with Gasteiger partial charge >= 0.3 is 5.97 Å². The number of esters is 1. The number of rotatable bonds is 4. The second-order valence-electron chi connectivity index (χ2n) is 3.48. The van der Waals surface area contributed by atoms with E-state index in [1.165, 1.54) is 25.4 Å². The Morgan fingerprint density at radius 2 is 2.27 bits per heavy atom. The first kappa shape index (κ1) is 11.9. The minimum Gasteiger partial charge on any atom is -0.469 e. The third-order valence-electron chi connectivity index (χ3n) is 2.00. The van der Waals surface area contributed by atoms with Crippen LogP contribution in [0.1, 0.15) is 23.0 Å². The van der Waals surface area contributed by atoms with Gasteiger partial charge in [-0.2, -0.15) is 0 Å². The van der Waals surface area contributed by atoms with E-state index in [2.05, 4.69) is 4.74 Å². The summed E-state index contributed by atoms with van der Waals surface area (Å²) in [5.41, 5.74) is 4.59. The number of hydrogen-bond donors (Lipinski definition) is 1. The van der Waals surface area contributed by atoms with Crippen molar-refractivity contribution in [3.05, 3.63) is 22.4 Å². The van der Waals surface area contributed by atoms with Crippen molar-refractivity contribution in [2.75, 3.05) is 7.11 Å². The van der Waals surface area contributed by atoms with E-state index in [0.29, 0.717) is 4.88 Å². The van der Waals surface area contributed by atoms with Gasteiger partial charge in [-0.3, -0.25) is 9.59 Å². The summed E-state index contributed by atoms with van der Waals surface area (Å²) >= 11 is 1.31. The van der Waals surface area contributed by atoms with E-state index in [4.69, 9.17) is 5.73 Å². The highest BCUT2D eigenvalue weighted by atomic mass is 32.1. The Morgan fingerprint density at radius 3 is 2.73 bits per heavy atom. The lowest BCUT2D eigenvalue weighted by atomic mass is 9.93. The maximum atomic E-state index is 11.9. The SMILES string of the molecule is COC(=O)CC(C)(N)C(=O)c1cccs1. The van der Waals surface area contributed by atoms with Gasteiger partial charge < -0.3 is 10.5 Å². The number of carbonyl (C=O) groups excluding carboxylic acids is 2. The number of ketones is 1. The fraction of sp³-hybridized carbons (Fsp3) is 0.400. The first-order valence-corrected chi connectivity index (χ1v) is 5.29. The van der Waals surface area contributed by atoms with E-state index >= 15 is 0 Å². The Kier molecular flexibility index (Phi) is 3.60. The van der Waals surface area contributed by atoms with Gasteiger partial charge in [-0.1, -0.05) is 6.07 Å². The first-order chi connectivity index (χ1) is 6.97. The Labute approximate surface area is 92.0 Å². The lowest BCUT2D eigenvalue weighted by Gasteiger charge is -2.20. The molecule has 1 aromatic heterocycles. The lowest BCUT2D eigenvalue weighted by Crippen LogP contribution is -2.46. The number of thiophene rings is 1. The highest BCUT2D eigenvalue weighted by Gasteiger charge is 2.32. The Bertz CT molecular complexity index is 357. The molecule has 0 fully saturated rings. The largest absolute Gasteiger partial charge is 0.469 e. The molecule has 0 aliphatic heterocycles. The molecule has 0 aliphatic rings. The summed E-state index contributed by atoms with van der Waals surface area (Å²) in [6.07, 6.45) is -0.111. The van der Waals surface area contributed by atoms with Gasteiger partial charge in [0.25, 0.3) is 0 Å². The van der Waals surface area contributed by atoms with E-state index < -0.39 is 11.5 Å². The van der Waals surface area contributed by atoms with Crippen molar-refractivity contribution < 1.29 is 14.3 Å². The Balaban J connectivity index is 2.78. The fourth-order valence-electron chi connectivity index (χ4n) is 1.14. The molecule has 5 heteroatoms. The van der Waals surface area contributed by atoms with Crippen molar-refractivity contribution in [2.45, 2.75) is 18.9 Å². The average Bonchev–Trinajstić information content (AvgIpc) is 2.68. The van der Waals surface area contributed by atoms with Crippen LogP contribution in [-0.4, -0.2) is 24.4 Å². The monoisotopic (exact) mass is 227 g/mol. The summed E-state index contributed by atoms with van der Waals surface area (Å²) in [4.78, 5) is 23.5. The average molecular weight is 227 g/mol. The van der Waals surface area contributed by atoms with Gasteiger partial charge in [-0.05, 0) is 18.4 Å². The molecular weight excluding hydrogens is 214 g/mol. The van der Waals surface area contributed by atoms with Crippen LogP contribution >= 0.6 is 11.3 Å². The Hall–Kier alpha value is -1.20. The highest BCUT2D eigenvalue weighted by molar-refractivity contribution is 7.12. The highest BCUT2D eigenvalue weighted by Crippen LogP contribution is 2.18. The number of nitrogens with two attached hydrogens (primary N) is 1. The van der Waals surface area contributed by atoms with Crippen molar-refractivity contribution in [3.63, 3.8) is 0 Å². The second kappa shape index (κ2) is 4.55. The summed E-state index contributed by atoms with van der Waals surface area (Å²) in [6, 6.07) is 3.46. The van der Waals surface area contributed by atoms with Crippen molar-refractivity contribution in [1.29, 1.82) is 0 Å². The van der Waals surface area contributed by atoms with E-state index in [1.807, 2.05) is 0 Å². The van der Waals surface area contributed by atoms with E-state index in [9.17, 15) is 9.59 Å². The van der Waals surface area contributed by atoms with Crippen LogP contribution in [0, 0.1) is 0 Å². The van der Waals surface area contributed by atoms with E-state index in [0.717, 1.165) is 0 Å². The van der Waals surface area contributed by atoms with Crippen LogP contribution in [0.15, 0.2) is 17.5 Å². The summed E-state index contributed by atoms with van der Waals surface area (Å²) in [6.45, 7) is 1.53. The molecule has 0 amide bonds. The predicted octanol–water partition coefficient (Wildman–Crippen LogP) is 1.21. The smallest absolute Gasteiger partial charge is 0.307 e. The standard InChI is InChI=1S/C10H13NO3S/c1-10(11,6-8(12)14-2)9(13)7-4-3-5-15-7/h3-5H,6,11H2,1-2H3. The lowest BCUT2D eigenvalue weighted by molar-refractivity contribution is -0.141. The molecule has 0 saturated carbocycles. The summed E-state index contributed by atoms with van der Waals surface area (Å²) in [5.74, 6) is -0.715. The minimum absolute atomic E-state index is 0.111. The maximum Gasteiger partial charge on any atom is 0.307 e. The summed E-state index contributed by atoms with van der Waals surface area (Å²) < 4.78 is 4.49. The predicted molar refractivity (Wildman–Crippen MR) is 57.9 cm³/mol. The molecule has 0 bridgehead atoms. The third kappa shape index (κ3) is 2.87. The van der Waals surface area contributed by atoms with Crippen molar-refractivity contribution in [3.8, 4) is 0 Å². The zero-order valence-corrected chi connectivity index (χ0v) is 9.47. The molecule has 1 heterocycles. The van der Waals surface area contributed by atoms with Crippen LogP contribution in [-0.2, 0) is 9.53 Å². The normalized spacial score (nSPS) is 14.3. The molecule has 1 atom stereocenters. The quantitative estimate of drug-likeness (QED) is 0.620. The van der Waals surface area contributed by atoms with Crippen LogP contribution in [0.25, 0.3) is 0 Å². The summed E-state index contributed by atoms with van der Waals surface area (Å²) in [5, 5.41) is 1.79. The van der Waals surface area contributed by atoms with Gasteiger partial charge in [0.2, 0.25) is 0 Å². The number of hydrogen-bond acceptors (Lipinski definition) is 5. The molecule has 0 aromatic carbocycles. The number of ether oxygens (including phenoxy) is 1. The second-order valence-corrected chi connectivity index (χ2v) is 4.42. The molecule has 1 unspecified atom stereocenters. The van der Waals surface area contributed by atoms with Gasteiger partial charge in [-0.25, -0.2) is 0 Å². The van der Waals surface area contributed by atoms with Crippen LogP contribution in [0.4, 0.5) is 0 Å². The summed E-state index contributed by atoms with van der Waals surface area (Å²) in [7, 11) is 1.27. The Morgan fingerprint density at radius 1 is 1.60 bits per heavy atom.